The summed E-state index contributed by atoms with van der Waals surface area (Å²) in [5.74, 6) is 0.546. The van der Waals surface area contributed by atoms with E-state index in [1.165, 1.54) is 5.56 Å². The minimum absolute atomic E-state index is 0.135. The van der Waals surface area contributed by atoms with E-state index in [2.05, 4.69) is 19.2 Å². The number of benzene rings is 3. The van der Waals surface area contributed by atoms with Crippen molar-refractivity contribution in [3.8, 4) is 5.69 Å². The summed E-state index contributed by atoms with van der Waals surface area (Å²) in [4.78, 5) is 34.2. The van der Waals surface area contributed by atoms with Gasteiger partial charge in [0.1, 0.15) is 5.82 Å². The number of nitrogens with one attached hydrogen (secondary N) is 1. The highest BCUT2D eigenvalue weighted by atomic mass is 16.2. The lowest BCUT2D eigenvalue weighted by atomic mass is 10.1. The van der Waals surface area contributed by atoms with Crippen molar-refractivity contribution < 1.29 is 4.79 Å². The van der Waals surface area contributed by atoms with Crippen molar-refractivity contribution >= 4 is 22.6 Å². The first-order chi connectivity index (χ1) is 17.9. The number of aryl methyl sites for hydroxylation is 2. The van der Waals surface area contributed by atoms with Gasteiger partial charge in [-0.3, -0.25) is 9.36 Å². The largest absolute Gasteiger partial charge is 0.322 e. The van der Waals surface area contributed by atoms with Crippen molar-refractivity contribution in [3.05, 3.63) is 100 Å². The lowest BCUT2D eigenvalue weighted by molar-refractivity contribution is 0.187. The molecule has 6 heteroatoms. The second kappa shape index (κ2) is 11.9. The number of carbonyl (C=O) groups excluding carboxylic acids is 1. The number of aromatic nitrogens is 2. The molecule has 0 fully saturated rings. The highest BCUT2D eigenvalue weighted by Crippen LogP contribution is 2.25. The molecule has 0 radical (unpaired) electrons. The number of fused-ring (bicyclic) bond motifs is 1. The fourth-order valence-corrected chi connectivity index (χ4v) is 4.60. The van der Waals surface area contributed by atoms with Crippen LogP contribution in [-0.2, 0) is 6.42 Å². The van der Waals surface area contributed by atoms with Crippen LogP contribution in [0.15, 0.2) is 77.6 Å². The van der Waals surface area contributed by atoms with Crippen LogP contribution < -0.4 is 10.9 Å². The van der Waals surface area contributed by atoms with Crippen LogP contribution in [0, 0.1) is 6.92 Å². The summed E-state index contributed by atoms with van der Waals surface area (Å²) >= 11 is 0. The maximum atomic E-state index is 13.8. The molecule has 2 amide bonds. The summed E-state index contributed by atoms with van der Waals surface area (Å²) in [5, 5.41) is 3.64. The van der Waals surface area contributed by atoms with E-state index in [-0.39, 0.29) is 11.6 Å². The van der Waals surface area contributed by atoms with E-state index in [0.29, 0.717) is 23.3 Å². The van der Waals surface area contributed by atoms with Crippen LogP contribution in [0.2, 0.25) is 0 Å². The molecule has 192 valence electrons. The summed E-state index contributed by atoms with van der Waals surface area (Å²) in [6.07, 6.45) is 3.84. The molecule has 0 saturated carbocycles. The molecule has 0 aliphatic rings. The Morgan fingerprint density at radius 3 is 2.38 bits per heavy atom. The molecular weight excluding hydrogens is 460 g/mol. The number of urea groups is 1. The number of amides is 2. The van der Waals surface area contributed by atoms with Gasteiger partial charge in [-0.05, 0) is 68.1 Å². The minimum atomic E-state index is -0.441. The van der Waals surface area contributed by atoms with E-state index in [9.17, 15) is 9.59 Å². The summed E-state index contributed by atoms with van der Waals surface area (Å²) in [6, 6.07) is 22.5. The van der Waals surface area contributed by atoms with Crippen molar-refractivity contribution in [3.63, 3.8) is 0 Å². The number of unbranched alkanes of at least 4 members (excludes halogenated alkanes) is 2. The highest BCUT2D eigenvalue weighted by Gasteiger charge is 2.27. The monoisotopic (exact) mass is 496 g/mol. The third-order valence-corrected chi connectivity index (χ3v) is 6.90. The Bertz CT molecular complexity index is 1430. The van der Waals surface area contributed by atoms with Gasteiger partial charge in [0.2, 0.25) is 0 Å². The van der Waals surface area contributed by atoms with Crippen molar-refractivity contribution in [2.24, 2.45) is 0 Å². The van der Waals surface area contributed by atoms with Crippen molar-refractivity contribution in [1.82, 2.24) is 14.5 Å². The third-order valence-electron chi connectivity index (χ3n) is 6.90. The molecule has 37 heavy (non-hydrogen) atoms. The lowest BCUT2D eigenvalue weighted by Crippen LogP contribution is -2.40. The minimum Gasteiger partial charge on any atom is -0.315 e. The van der Waals surface area contributed by atoms with Crippen LogP contribution in [0.1, 0.15) is 63.0 Å². The maximum Gasteiger partial charge on any atom is 0.322 e. The second-order valence-corrected chi connectivity index (χ2v) is 9.47. The Balaban J connectivity index is 1.82. The summed E-state index contributed by atoms with van der Waals surface area (Å²) in [7, 11) is 0. The van der Waals surface area contributed by atoms with E-state index < -0.39 is 6.04 Å². The molecule has 0 saturated heterocycles. The van der Waals surface area contributed by atoms with Crippen LogP contribution in [-0.4, -0.2) is 27.0 Å². The standard InChI is InChI=1S/C31H36N4O2/c1-5-7-12-21-34(31(37)33-27-15-10-8-13-22(27)3)23(4)29-32-28-16-11-9-14-26(28)30(36)35(29)25-19-17-24(6-2)18-20-25/h8-11,13-20,23H,5-7,12,21H2,1-4H3,(H,33,37). The normalized spacial score (nSPS) is 11.9. The van der Waals surface area contributed by atoms with Crippen LogP contribution >= 0.6 is 0 Å². The van der Waals surface area contributed by atoms with Crippen LogP contribution in [0.25, 0.3) is 16.6 Å². The molecule has 1 atom stereocenters. The second-order valence-electron chi connectivity index (χ2n) is 9.47. The first-order valence-electron chi connectivity index (χ1n) is 13.2. The van der Waals surface area contributed by atoms with Gasteiger partial charge in [0.05, 0.1) is 22.6 Å². The Kier molecular flexibility index (Phi) is 8.39. The zero-order valence-corrected chi connectivity index (χ0v) is 22.2. The van der Waals surface area contributed by atoms with Gasteiger partial charge < -0.3 is 10.2 Å². The van der Waals surface area contributed by atoms with Gasteiger partial charge in [-0.2, -0.15) is 0 Å². The average Bonchev–Trinajstić information content (AvgIpc) is 2.92. The predicted molar refractivity (Wildman–Crippen MR) is 152 cm³/mol. The van der Waals surface area contributed by atoms with Gasteiger partial charge in [0.15, 0.2) is 0 Å². The summed E-state index contributed by atoms with van der Waals surface area (Å²) in [6.45, 7) is 8.74. The maximum absolute atomic E-state index is 13.8. The van der Waals surface area contributed by atoms with Crippen molar-refractivity contribution in [2.45, 2.75) is 59.4 Å². The molecule has 1 aromatic heterocycles. The van der Waals surface area contributed by atoms with Crippen LogP contribution in [0.3, 0.4) is 0 Å². The zero-order valence-electron chi connectivity index (χ0n) is 22.2. The van der Waals surface area contributed by atoms with Gasteiger partial charge in [-0.15, -0.1) is 0 Å². The Morgan fingerprint density at radius 1 is 0.973 bits per heavy atom. The first kappa shape index (κ1) is 26.1. The Labute approximate surface area is 219 Å². The topological polar surface area (TPSA) is 67.2 Å². The predicted octanol–water partition coefficient (Wildman–Crippen LogP) is 7.04. The number of hydrogen-bond donors (Lipinski definition) is 1. The molecular formula is C31H36N4O2. The molecule has 4 rings (SSSR count). The molecule has 1 heterocycles. The fourth-order valence-electron chi connectivity index (χ4n) is 4.60. The summed E-state index contributed by atoms with van der Waals surface area (Å²) in [5.41, 5.74) is 4.20. The molecule has 0 spiro atoms. The van der Waals surface area contributed by atoms with Crippen molar-refractivity contribution in [2.75, 3.05) is 11.9 Å². The van der Waals surface area contributed by atoms with Gasteiger partial charge in [0, 0.05) is 12.2 Å². The number of para-hydroxylation sites is 2. The molecule has 1 unspecified atom stereocenters. The zero-order chi connectivity index (χ0) is 26.4. The van der Waals surface area contributed by atoms with Gasteiger partial charge >= 0.3 is 6.03 Å². The van der Waals surface area contributed by atoms with Gasteiger partial charge in [-0.25, -0.2) is 9.78 Å². The number of hydrogen-bond acceptors (Lipinski definition) is 3. The number of carbonyl (C=O) groups is 1. The van der Waals surface area contributed by atoms with E-state index in [1.54, 1.807) is 15.5 Å². The Hall–Kier alpha value is -3.93. The highest BCUT2D eigenvalue weighted by molar-refractivity contribution is 5.90. The first-order valence-corrected chi connectivity index (χ1v) is 13.2. The molecule has 0 bridgehead atoms. The van der Waals surface area contributed by atoms with Gasteiger partial charge in [-0.1, -0.05) is 69.2 Å². The Morgan fingerprint density at radius 2 is 1.68 bits per heavy atom. The van der Waals surface area contributed by atoms with E-state index in [0.717, 1.165) is 42.6 Å². The van der Waals surface area contributed by atoms with E-state index in [4.69, 9.17) is 4.98 Å². The molecule has 0 aliphatic heterocycles. The lowest BCUT2D eigenvalue weighted by Gasteiger charge is -2.31. The van der Waals surface area contributed by atoms with E-state index >= 15 is 0 Å². The molecule has 1 N–H and O–H groups in total. The quantitative estimate of drug-likeness (QED) is 0.253. The van der Waals surface area contributed by atoms with E-state index in [1.807, 2.05) is 80.6 Å². The molecule has 3 aromatic carbocycles. The number of nitrogens with zero attached hydrogens (tertiary/aromatic N) is 3. The number of rotatable bonds is 9. The molecule has 0 aliphatic carbocycles. The SMILES string of the molecule is CCCCCN(C(=O)Nc1ccccc1C)C(C)c1nc2ccccc2c(=O)n1-c1ccc(CC)cc1. The smallest absolute Gasteiger partial charge is 0.315 e. The summed E-state index contributed by atoms with van der Waals surface area (Å²) < 4.78 is 1.67. The van der Waals surface area contributed by atoms with Crippen LogP contribution in [0.5, 0.6) is 0 Å². The van der Waals surface area contributed by atoms with Gasteiger partial charge in [0.25, 0.3) is 5.56 Å². The average molecular weight is 497 g/mol. The molecule has 4 aromatic rings. The number of anilines is 1. The molecule has 6 nitrogen and oxygen atoms in total. The fraction of sp³-hybridized carbons (Fsp3) is 0.323. The van der Waals surface area contributed by atoms with Crippen LogP contribution in [0.4, 0.5) is 10.5 Å². The van der Waals surface area contributed by atoms with Crippen molar-refractivity contribution in [1.29, 1.82) is 0 Å². The third kappa shape index (κ3) is 5.74.